The Bertz CT molecular complexity index is 575. The number of oxazole rings is 1. The highest BCUT2D eigenvalue weighted by Gasteiger charge is 2.20. The van der Waals surface area contributed by atoms with E-state index in [4.69, 9.17) is 4.42 Å². The molecule has 1 heterocycles. The zero-order chi connectivity index (χ0) is 13.2. The second-order valence-corrected chi connectivity index (χ2v) is 5.93. The molecule has 1 aromatic heterocycles. The maximum atomic E-state index is 5.81. The smallest absolute Gasteiger partial charge is 0.196 e. The molecule has 1 saturated carbocycles. The van der Waals surface area contributed by atoms with Crippen LogP contribution < -0.4 is 5.32 Å². The lowest BCUT2D eigenvalue weighted by molar-refractivity contribution is 0.494. The SMILES string of the molecule is Cc1ccc(-c2cnc(CCNC3CC3)o2)c(Br)c1. The first-order chi connectivity index (χ1) is 9.22. The molecule has 0 radical (unpaired) electrons. The van der Waals surface area contributed by atoms with E-state index in [0.29, 0.717) is 0 Å². The molecule has 1 fully saturated rings. The van der Waals surface area contributed by atoms with Gasteiger partial charge in [0, 0.05) is 29.0 Å². The lowest BCUT2D eigenvalue weighted by atomic mass is 10.1. The first-order valence-corrected chi connectivity index (χ1v) is 7.46. The van der Waals surface area contributed by atoms with Crippen LogP contribution in [-0.2, 0) is 6.42 Å². The average molecular weight is 321 g/mol. The lowest BCUT2D eigenvalue weighted by Crippen LogP contribution is -2.19. The van der Waals surface area contributed by atoms with Crippen molar-refractivity contribution in [3.8, 4) is 11.3 Å². The standard InChI is InChI=1S/C15H17BrN2O/c1-10-2-5-12(13(16)8-10)14-9-18-15(19-14)6-7-17-11-3-4-11/h2,5,8-9,11,17H,3-4,6-7H2,1H3. The van der Waals surface area contributed by atoms with Crippen LogP contribution in [0.15, 0.2) is 33.3 Å². The van der Waals surface area contributed by atoms with Crippen LogP contribution in [0.1, 0.15) is 24.3 Å². The summed E-state index contributed by atoms with van der Waals surface area (Å²) in [7, 11) is 0. The van der Waals surface area contributed by atoms with Crippen molar-refractivity contribution in [3.63, 3.8) is 0 Å². The Kier molecular flexibility index (Phi) is 3.71. The summed E-state index contributed by atoms with van der Waals surface area (Å²) in [6.45, 7) is 3.02. The molecule has 3 nitrogen and oxygen atoms in total. The summed E-state index contributed by atoms with van der Waals surface area (Å²) in [6.07, 6.45) is 5.28. The molecule has 0 bridgehead atoms. The summed E-state index contributed by atoms with van der Waals surface area (Å²) in [5, 5.41) is 3.46. The third-order valence-electron chi connectivity index (χ3n) is 3.29. The minimum absolute atomic E-state index is 0.737. The minimum atomic E-state index is 0.737. The van der Waals surface area contributed by atoms with Crippen molar-refractivity contribution in [1.29, 1.82) is 0 Å². The Morgan fingerprint density at radius 1 is 1.42 bits per heavy atom. The van der Waals surface area contributed by atoms with Crippen LogP contribution in [0.2, 0.25) is 0 Å². The van der Waals surface area contributed by atoms with Gasteiger partial charge in [0.1, 0.15) is 0 Å². The van der Waals surface area contributed by atoms with Crippen molar-refractivity contribution in [2.45, 2.75) is 32.2 Å². The van der Waals surface area contributed by atoms with Crippen molar-refractivity contribution in [2.24, 2.45) is 0 Å². The predicted molar refractivity (Wildman–Crippen MR) is 79.1 cm³/mol. The van der Waals surface area contributed by atoms with Crippen LogP contribution in [0.3, 0.4) is 0 Å². The maximum absolute atomic E-state index is 5.81. The quantitative estimate of drug-likeness (QED) is 0.912. The number of aryl methyl sites for hydroxylation is 1. The van der Waals surface area contributed by atoms with Crippen molar-refractivity contribution in [3.05, 3.63) is 40.3 Å². The van der Waals surface area contributed by atoms with E-state index in [-0.39, 0.29) is 0 Å². The van der Waals surface area contributed by atoms with Gasteiger partial charge in [0.15, 0.2) is 11.7 Å². The third kappa shape index (κ3) is 3.25. The van der Waals surface area contributed by atoms with Gasteiger partial charge >= 0.3 is 0 Å². The van der Waals surface area contributed by atoms with Gasteiger partial charge in [0.25, 0.3) is 0 Å². The van der Waals surface area contributed by atoms with Crippen molar-refractivity contribution < 1.29 is 4.42 Å². The Morgan fingerprint density at radius 3 is 3.00 bits per heavy atom. The number of hydrogen-bond acceptors (Lipinski definition) is 3. The molecule has 1 aliphatic rings. The van der Waals surface area contributed by atoms with Gasteiger partial charge in [-0.1, -0.05) is 22.0 Å². The zero-order valence-electron chi connectivity index (χ0n) is 10.9. The van der Waals surface area contributed by atoms with Gasteiger partial charge in [-0.15, -0.1) is 0 Å². The van der Waals surface area contributed by atoms with Gasteiger partial charge in [-0.3, -0.25) is 0 Å². The fourth-order valence-electron chi connectivity index (χ4n) is 2.04. The zero-order valence-corrected chi connectivity index (χ0v) is 12.5. The molecule has 100 valence electrons. The van der Waals surface area contributed by atoms with Crippen LogP contribution in [0.5, 0.6) is 0 Å². The summed E-state index contributed by atoms with van der Waals surface area (Å²) in [5.74, 6) is 1.63. The highest BCUT2D eigenvalue weighted by atomic mass is 79.9. The Labute approximate surface area is 121 Å². The van der Waals surface area contributed by atoms with Crippen molar-refractivity contribution in [2.75, 3.05) is 6.54 Å². The molecule has 19 heavy (non-hydrogen) atoms. The fourth-order valence-corrected chi connectivity index (χ4v) is 2.73. The topological polar surface area (TPSA) is 38.1 Å². The molecular formula is C15H17BrN2O. The molecule has 0 unspecified atom stereocenters. The van der Waals surface area contributed by atoms with Crippen LogP contribution in [0, 0.1) is 6.92 Å². The van der Waals surface area contributed by atoms with Crippen LogP contribution >= 0.6 is 15.9 Å². The van der Waals surface area contributed by atoms with E-state index in [0.717, 1.165) is 40.7 Å². The Balaban J connectivity index is 1.68. The monoisotopic (exact) mass is 320 g/mol. The van der Waals surface area contributed by atoms with E-state index in [9.17, 15) is 0 Å². The molecule has 0 spiro atoms. The second kappa shape index (κ2) is 5.47. The molecule has 1 aliphatic carbocycles. The van der Waals surface area contributed by atoms with Crippen LogP contribution in [0.4, 0.5) is 0 Å². The van der Waals surface area contributed by atoms with Crippen molar-refractivity contribution in [1.82, 2.24) is 10.3 Å². The number of nitrogens with zero attached hydrogens (tertiary/aromatic N) is 1. The number of benzene rings is 1. The minimum Gasteiger partial charge on any atom is -0.441 e. The molecule has 3 rings (SSSR count). The van der Waals surface area contributed by atoms with E-state index in [1.807, 2.05) is 6.20 Å². The highest BCUT2D eigenvalue weighted by molar-refractivity contribution is 9.10. The molecule has 0 amide bonds. The van der Waals surface area contributed by atoms with Gasteiger partial charge in [-0.2, -0.15) is 0 Å². The van der Waals surface area contributed by atoms with Gasteiger partial charge in [-0.25, -0.2) is 4.98 Å². The third-order valence-corrected chi connectivity index (χ3v) is 3.95. The molecule has 4 heteroatoms. The average Bonchev–Trinajstić information content (AvgIpc) is 3.07. The van der Waals surface area contributed by atoms with E-state index < -0.39 is 0 Å². The molecule has 0 saturated heterocycles. The molecule has 1 aromatic carbocycles. The molecule has 2 aromatic rings. The molecule has 0 atom stereocenters. The number of hydrogen-bond donors (Lipinski definition) is 1. The highest BCUT2D eigenvalue weighted by Crippen LogP contribution is 2.29. The second-order valence-electron chi connectivity index (χ2n) is 5.08. The number of nitrogens with one attached hydrogen (secondary N) is 1. The Hall–Kier alpha value is -1.13. The maximum Gasteiger partial charge on any atom is 0.196 e. The van der Waals surface area contributed by atoms with Gasteiger partial charge in [0.05, 0.1) is 6.20 Å². The van der Waals surface area contributed by atoms with Crippen LogP contribution in [0.25, 0.3) is 11.3 Å². The van der Waals surface area contributed by atoms with Crippen LogP contribution in [-0.4, -0.2) is 17.6 Å². The summed E-state index contributed by atoms with van der Waals surface area (Å²) >= 11 is 3.57. The summed E-state index contributed by atoms with van der Waals surface area (Å²) in [6, 6.07) is 6.97. The molecular weight excluding hydrogens is 304 g/mol. The van der Waals surface area contributed by atoms with E-state index in [2.05, 4.69) is 51.4 Å². The normalized spacial score (nSPS) is 14.8. The Morgan fingerprint density at radius 2 is 2.26 bits per heavy atom. The largest absolute Gasteiger partial charge is 0.441 e. The number of aromatic nitrogens is 1. The predicted octanol–water partition coefficient (Wildman–Crippen LogP) is 3.71. The first-order valence-electron chi connectivity index (χ1n) is 6.67. The number of halogens is 1. The van der Waals surface area contributed by atoms with E-state index >= 15 is 0 Å². The van der Waals surface area contributed by atoms with Gasteiger partial charge < -0.3 is 9.73 Å². The first kappa shape index (κ1) is 12.9. The van der Waals surface area contributed by atoms with E-state index in [1.54, 1.807) is 0 Å². The summed E-state index contributed by atoms with van der Waals surface area (Å²) in [5.41, 5.74) is 2.28. The number of rotatable bonds is 5. The molecule has 0 aliphatic heterocycles. The van der Waals surface area contributed by atoms with Crippen molar-refractivity contribution >= 4 is 15.9 Å². The van der Waals surface area contributed by atoms with Gasteiger partial charge in [0.2, 0.25) is 0 Å². The fraction of sp³-hybridized carbons (Fsp3) is 0.400. The van der Waals surface area contributed by atoms with Gasteiger partial charge in [-0.05, 0) is 37.5 Å². The summed E-state index contributed by atoms with van der Waals surface area (Å²) < 4.78 is 6.86. The van der Waals surface area contributed by atoms with E-state index in [1.165, 1.54) is 18.4 Å². The molecule has 1 N–H and O–H groups in total. The lowest BCUT2D eigenvalue weighted by Gasteiger charge is -2.02. The summed E-state index contributed by atoms with van der Waals surface area (Å²) in [4.78, 5) is 4.35.